The fraction of sp³-hybridized carbons (Fsp3) is 0.333. The van der Waals surface area contributed by atoms with Crippen molar-refractivity contribution < 1.29 is 37.7 Å². The Morgan fingerprint density at radius 2 is 1.47 bits per heavy atom. The number of ether oxygens (including phenoxy) is 2. The van der Waals surface area contributed by atoms with Crippen LogP contribution in [0, 0.1) is 0 Å². The maximum atomic E-state index is 12.7. The zero-order valence-corrected chi connectivity index (χ0v) is 18.6. The standard InChI is InChI=1S/C19H24N2O4S.C2H2O4/c1-24-18-10-6-7-16(19(18)25-2)15-20-11-13-21(14-12-20)26(22,23)17-8-4-3-5-9-17;3-1(4)2(5)6/h3-10H,11-15H2,1-2H3;(H,3,4)(H,5,6). The van der Waals surface area contributed by atoms with E-state index >= 15 is 0 Å². The number of benzene rings is 2. The molecule has 2 aromatic rings. The topological polar surface area (TPSA) is 134 Å². The van der Waals surface area contributed by atoms with Crippen molar-refractivity contribution in [3.05, 3.63) is 54.1 Å². The zero-order chi connectivity index (χ0) is 23.7. The molecule has 0 aromatic heterocycles. The third-order valence-corrected chi connectivity index (χ3v) is 6.69. The lowest BCUT2D eigenvalue weighted by atomic mass is 10.1. The molecule has 11 heteroatoms. The van der Waals surface area contributed by atoms with Crippen molar-refractivity contribution in [3.8, 4) is 11.5 Å². The van der Waals surface area contributed by atoms with Gasteiger partial charge in [0.1, 0.15) is 0 Å². The summed E-state index contributed by atoms with van der Waals surface area (Å²) in [5.41, 5.74) is 1.03. The molecular formula is C21H26N2O8S. The number of nitrogens with zero attached hydrogens (tertiary/aromatic N) is 2. The molecule has 3 rings (SSSR count). The predicted octanol–water partition coefficient (Wildman–Crippen LogP) is 1.37. The second-order valence-electron chi connectivity index (χ2n) is 6.76. The van der Waals surface area contributed by atoms with E-state index in [0.717, 1.165) is 11.3 Å². The molecule has 1 heterocycles. The van der Waals surface area contributed by atoms with E-state index in [0.29, 0.717) is 43.4 Å². The summed E-state index contributed by atoms with van der Waals surface area (Å²) in [7, 11) is -0.169. The molecule has 0 amide bonds. The molecule has 0 radical (unpaired) electrons. The van der Waals surface area contributed by atoms with Crippen LogP contribution in [0.2, 0.25) is 0 Å². The molecule has 1 aliphatic rings. The molecule has 2 aromatic carbocycles. The van der Waals surface area contributed by atoms with Crippen molar-refractivity contribution in [1.29, 1.82) is 0 Å². The molecule has 0 bridgehead atoms. The largest absolute Gasteiger partial charge is 0.493 e. The number of para-hydroxylation sites is 1. The average Bonchev–Trinajstić information content (AvgIpc) is 2.80. The average molecular weight is 467 g/mol. The van der Waals surface area contributed by atoms with Gasteiger partial charge in [-0.3, -0.25) is 4.90 Å². The summed E-state index contributed by atoms with van der Waals surface area (Å²) in [6, 6.07) is 14.4. The first-order chi connectivity index (χ1) is 15.2. The number of carbonyl (C=O) groups is 2. The van der Waals surface area contributed by atoms with Gasteiger partial charge in [-0.2, -0.15) is 4.31 Å². The van der Waals surface area contributed by atoms with Crippen LogP contribution in [0.3, 0.4) is 0 Å². The van der Waals surface area contributed by atoms with Crippen LogP contribution < -0.4 is 9.47 Å². The normalized spacial score (nSPS) is 14.7. The van der Waals surface area contributed by atoms with Crippen LogP contribution in [-0.4, -0.2) is 80.2 Å². The molecule has 32 heavy (non-hydrogen) atoms. The molecule has 1 saturated heterocycles. The number of hydrogen-bond donors (Lipinski definition) is 2. The van der Waals surface area contributed by atoms with Crippen molar-refractivity contribution in [3.63, 3.8) is 0 Å². The second kappa shape index (κ2) is 11.5. The number of hydrogen-bond acceptors (Lipinski definition) is 7. The first-order valence-electron chi connectivity index (χ1n) is 9.64. The molecular weight excluding hydrogens is 440 g/mol. The molecule has 0 spiro atoms. The van der Waals surface area contributed by atoms with Crippen LogP contribution in [0.15, 0.2) is 53.4 Å². The summed E-state index contributed by atoms with van der Waals surface area (Å²) in [5.74, 6) is -2.21. The van der Waals surface area contributed by atoms with E-state index in [2.05, 4.69) is 4.90 Å². The van der Waals surface area contributed by atoms with Crippen LogP contribution in [0.5, 0.6) is 11.5 Å². The number of sulfonamides is 1. The van der Waals surface area contributed by atoms with Gasteiger partial charge in [0, 0.05) is 38.3 Å². The SMILES string of the molecule is COc1cccc(CN2CCN(S(=O)(=O)c3ccccc3)CC2)c1OC.O=C(O)C(=O)O. The van der Waals surface area contributed by atoms with Crippen LogP contribution in [0.1, 0.15) is 5.56 Å². The van der Waals surface area contributed by atoms with Gasteiger partial charge in [-0.25, -0.2) is 18.0 Å². The Morgan fingerprint density at radius 3 is 1.97 bits per heavy atom. The van der Waals surface area contributed by atoms with Gasteiger partial charge < -0.3 is 19.7 Å². The Labute approximate surface area is 186 Å². The summed E-state index contributed by atoms with van der Waals surface area (Å²) in [4.78, 5) is 20.8. The number of methoxy groups -OCH3 is 2. The molecule has 1 fully saturated rings. The molecule has 0 aliphatic carbocycles. The maximum Gasteiger partial charge on any atom is 0.414 e. The lowest BCUT2D eigenvalue weighted by Gasteiger charge is -2.34. The van der Waals surface area contributed by atoms with Crippen molar-refractivity contribution >= 4 is 22.0 Å². The highest BCUT2D eigenvalue weighted by molar-refractivity contribution is 7.89. The monoisotopic (exact) mass is 466 g/mol. The summed E-state index contributed by atoms with van der Waals surface area (Å²) in [5, 5.41) is 14.8. The smallest absolute Gasteiger partial charge is 0.414 e. The zero-order valence-electron chi connectivity index (χ0n) is 17.8. The summed E-state index contributed by atoms with van der Waals surface area (Å²) < 4.78 is 37.8. The first kappa shape index (κ1) is 25.1. The van der Waals surface area contributed by atoms with Gasteiger partial charge in [-0.15, -0.1) is 0 Å². The van der Waals surface area contributed by atoms with E-state index < -0.39 is 22.0 Å². The Kier molecular flexibility index (Phi) is 9.00. The Bertz CT molecular complexity index is 1010. The Morgan fingerprint density at radius 1 is 0.875 bits per heavy atom. The third-order valence-electron chi connectivity index (χ3n) is 4.77. The quantitative estimate of drug-likeness (QED) is 0.605. The molecule has 1 aliphatic heterocycles. The molecule has 0 unspecified atom stereocenters. The van der Waals surface area contributed by atoms with E-state index in [-0.39, 0.29) is 0 Å². The van der Waals surface area contributed by atoms with E-state index in [9.17, 15) is 8.42 Å². The number of piperazine rings is 1. The van der Waals surface area contributed by atoms with Gasteiger partial charge in [0.05, 0.1) is 19.1 Å². The van der Waals surface area contributed by atoms with E-state index in [4.69, 9.17) is 29.3 Å². The van der Waals surface area contributed by atoms with Gasteiger partial charge in [0.2, 0.25) is 10.0 Å². The number of carboxylic acid groups (broad SMARTS) is 2. The fourth-order valence-electron chi connectivity index (χ4n) is 3.19. The minimum atomic E-state index is -3.42. The highest BCUT2D eigenvalue weighted by Crippen LogP contribution is 2.31. The van der Waals surface area contributed by atoms with E-state index in [1.165, 1.54) is 0 Å². The van der Waals surface area contributed by atoms with E-state index in [1.54, 1.807) is 42.8 Å². The first-order valence-corrected chi connectivity index (χ1v) is 11.1. The summed E-state index contributed by atoms with van der Waals surface area (Å²) in [6.07, 6.45) is 0. The van der Waals surface area contributed by atoms with Crippen LogP contribution in [0.4, 0.5) is 0 Å². The van der Waals surface area contributed by atoms with Crippen molar-refractivity contribution in [1.82, 2.24) is 9.21 Å². The molecule has 0 saturated carbocycles. The van der Waals surface area contributed by atoms with Crippen LogP contribution in [-0.2, 0) is 26.2 Å². The number of carboxylic acids is 2. The van der Waals surface area contributed by atoms with Gasteiger partial charge in [0.15, 0.2) is 11.5 Å². The van der Waals surface area contributed by atoms with Crippen LogP contribution in [0.25, 0.3) is 0 Å². The van der Waals surface area contributed by atoms with Gasteiger partial charge >= 0.3 is 11.9 Å². The summed E-state index contributed by atoms with van der Waals surface area (Å²) >= 11 is 0. The molecule has 2 N–H and O–H groups in total. The minimum absolute atomic E-state index is 0.350. The molecule has 10 nitrogen and oxygen atoms in total. The highest BCUT2D eigenvalue weighted by atomic mass is 32.2. The van der Waals surface area contributed by atoms with Crippen LogP contribution >= 0.6 is 0 Å². The lowest BCUT2D eigenvalue weighted by molar-refractivity contribution is -0.159. The van der Waals surface area contributed by atoms with Crippen molar-refractivity contribution in [2.24, 2.45) is 0 Å². The Hall–Kier alpha value is -3.15. The highest BCUT2D eigenvalue weighted by Gasteiger charge is 2.28. The minimum Gasteiger partial charge on any atom is -0.493 e. The van der Waals surface area contributed by atoms with Gasteiger partial charge in [0.25, 0.3) is 0 Å². The lowest BCUT2D eigenvalue weighted by Crippen LogP contribution is -2.48. The van der Waals surface area contributed by atoms with Crippen molar-refractivity contribution in [2.45, 2.75) is 11.4 Å². The van der Waals surface area contributed by atoms with Crippen molar-refractivity contribution in [2.75, 3.05) is 40.4 Å². The Balaban J connectivity index is 0.000000534. The van der Waals surface area contributed by atoms with Gasteiger partial charge in [-0.05, 0) is 18.2 Å². The maximum absolute atomic E-state index is 12.7. The number of rotatable bonds is 6. The molecule has 174 valence electrons. The summed E-state index contributed by atoms with van der Waals surface area (Å²) in [6.45, 7) is 2.99. The van der Waals surface area contributed by atoms with Gasteiger partial charge in [-0.1, -0.05) is 30.3 Å². The molecule has 0 atom stereocenters. The van der Waals surface area contributed by atoms with E-state index in [1.807, 2.05) is 24.3 Å². The number of aliphatic carboxylic acids is 2. The fourth-order valence-corrected chi connectivity index (χ4v) is 4.63. The second-order valence-corrected chi connectivity index (χ2v) is 8.69. The predicted molar refractivity (Wildman–Crippen MR) is 115 cm³/mol. The third kappa shape index (κ3) is 6.42.